The van der Waals surface area contributed by atoms with E-state index < -0.39 is 12.2 Å². The second kappa shape index (κ2) is 5.87. The summed E-state index contributed by atoms with van der Waals surface area (Å²) in [7, 11) is 0. The monoisotopic (exact) mass is 280 g/mol. The second-order valence-electron chi connectivity index (χ2n) is 4.76. The lowest BCUT2D eigenvalue weighted by molar-refractivity contribution is -0.0498. The van der Waals surface area contributed by atoms with Crippen molar-refractivity contribution in [1.82, 2.24) is 5.32 Å². The first-order chi connectivity index (χ1) is 9.54. The van der Waals surface area contributed by atoms with Crippen LogP contribution < -0.4 is 10.1 Å². The zero-order valence-electron chi connectivity index (χ0n) is 10.7. The number of amides is 1. The van der Waals surface area contributed by atoms with Crippen LogP contribution in [0.4, 0.5) is 8.78 Å². The van der Waals surface area contributed by atoms with Crippen LogP contribution in [0.2, 0.25) is 0 Å². The van der Waals surface area contributed by atoms with Gasteiger partial charge in [-0.15, -0.1) is 0 Å². The number of nitrogens with one attached hydrogen (secondary N) is 1. The van der Waals surface area contributed by atoms with Gasteiger partial charge in [0.15, 0.2) is 0 Å². The van der Waals surface area contributed by atoms with E-state index in [-0.39, 0.29) is 11.7 Å². The zero-order chi connectivity index (χ0) is 14.6. The van der Waals surface area contributed by atoms with Gasteiger partial charge in [0.25, 0.3) is 5.91 Å². The van der Waals surface area contributed by atoms with E-state index in [1.54, 1.807) is 0 Å². The third kappa shape index (κ3) is 3.23. The van der Waals surface area contributed by atoms with Crippen LogP contribution in [0.3, 0.4) is 0 Å². The number of halogens is 2. The van der Waals surface area contributed by atoms with Gasteiger partial charge < -0.3 is 10.1 Å². The Bertz CT molecular complexity index is 517. The molecule has 6 heteroatoms. The SMILES string of the molecule is N#CC1(NC(=O)c2ccc(OC(F)F)cc2)CCCC1. The van der Waals surface area contributed by atoms with Crippen molar-refractivity contribution in [3.63, 3.8) is 0 Å². The maximum atomic E-state index is 12.0. The smallest absolute Gasteiger partial charge is 0.387 e. The van der Waals surface area contributed by atoms with E-state index in [0.29, 0.717) is 18.4 Å². The summed E-state index contributed by atoms with van der Waals surface area (Å²) in [5, 5.41) is 11.9. The minimum Gasteiger partial charge on any atom is -0.435 e. The predicted octanol–water partition coefficient (Wildman–Crippen LogP) is 2.85. The van der Waals surface area contributed by atoms with Crippen LogP contribution in [0.5, 0.6) is 5.75 Å². The molecule has 1 saturated carbocycles. The first kappa shape index (κ1) is 14.3. The van der Waals surface area contributed by atoms with Crippen molar-refractivity contribution in [2.75, 3.05) is 0 Å². The quantitative estimate of drug-likeness (QED) is 0.922. The molecule has 1 amide bonds. The first-order valence-electron chi connectivity index (χ1n) is 6.33. The number of rotatable bonds is 4. The molecular weight excluding hydrogens is 266 g/mol. The second-order valence-corrected chi connectivity index (χ2v) is 4.76. The van der Waals surface area contributed by atoms with E-state index in [1.807, 2.05) is 0 Å². The van der Waals surface area contributed by atoms with Crippen LogP contribution in [0.25, 0.3) is 0 Å². The highest BCUT2D eigenvalue weighted by Gasteiger charge is 2.35. The van der Waals surface area contributed by atoms with Crippen LogP contribution in [-0.4, -0.2) is 18.1 Å². The number of carbonyl (C=O) groups excluding carboxylic acids is 1. The molecule has 1 aliphatic carbocycles. The lowest BCUT2D eigenvalue weighted by Crippen LogP contribution is -2.45. The fourth-order valence-electron chi connectivity index (χ4n) is 2.32. The summed E-state index contributed by atoms with van der Waals surface area (Å²) in [5.74, 6) is -0.385. The summed E-state index contributed by atoms with van der Waals surface area (Å²) in [6.07, 6.45) is 3.10. The molecule has 106 valence electrons. The fourth-order valence-corrected chi connectivity index (χ4v) is 2.32. The summed E-state index contributed by atoms with van der Waals surface area (Å²) in [6.45, 7) is -2.89. The summed E-state index contributed by atoms with van der Waals surface area (Å²) in [5.41, 5.74) is -0.483. The molecule has 0 spiro atoms. The third-order valence-electron chi connectivity index (χ3n) is 3.37. The van der Waals surface area contributed by atoms with Gasteiger partial charge in [-0.05, 0) is 49.9 Å². The lowest BCUT2D eigenvalue weighted by Gasteiger charge is -2.22. The standard InChI is InChI=1S/C14H14F2N2O2/c15-13(16)20-11-5-3-10(4-6-11)12(19)18-14(9-17)7-1-2-8-14/h3-6,13H,1-2,7-8H2,(H,18,19). The van der Waals surface area contributed by atoms with E-state index in [0.717, 1.165) is 12.8 Å². The van der Waals surface area contributed by atoms with Gasteiger partial charge in [-0.2, -0.15) is 14.0 Å². The normalized spacial score (nSPS) is 16.7. The molecule has 1 aromatic carbocycles. The highest BCUT2D eigenvalue weighted by molar-refractivity contribution is 5.95. The van der Waals surface area contributed by atoms with E-state index in [2.05, 4.69) is 16.1 Å². The van der Waals surface area contributed by atoms with Gasteiger partial charge >= 0.3 is 6.61 Å². The first-order valence-corrected chi connectivity index (χ1v) is 6.33. The maximum Gasteiger partial charge on any atom is 0.387 e. The van der Waals surface area contributed by atoms with Crippen molar-refractivity contribution < 1.29 is 18.3 Å². The number of hydrogen-bond donors (Lipinski definition) is 1. The number of hydrogen-bond acceptors (Lipinski definition) is 3. The van der Waals surface area contributed by atoms with Crippen LogP contribution in [0.1, 0.15) is 36.0 Å². The molecule has 1 aliphatic rings. The molecule has 0 radical (unpaired) electrons. The Morgan fingerprint density at radius 1 is 1.30 bits per heavy atom. The minimum absolute atomic E-state index is 0.00703. The molecule has 0 bridgehead atoms. The molecule has 0 aromatic heterocycles. The van der Waals surface area contributed by atoms with Crippen molar-refractivity contribution in [3.05, 3.63) is 29.8 Å². The summed E-state index contributed by atoms with van der Waals surface area (Å²) in [4.78, 5) is 12.0. The Morgan fingerprint density at radius 2 is 1.90 bits per heavy atom. The molecule has 0 unspecified atom stereocenters. The fraction of sp³-hybridized carbons (Fsp3) is 0.429. The van der Waals surface area contributed by atoms with Crippen LogP contribution in [0.15, 0.2) is 24.3 Å². The number of benzene rings is 1. The molecule has 1 aromatic rings. The summed E-state index contributed by atoms with van der Waals surface area (Å²) in [6, 6.07) is 7.55. The molecule has 0 atom stereocenters. The molecule has 0 aliphatic heterocycles. The molecule has 0 heterocycles. The molecular formula is C14H14F2N2O2. The van der Waals surface area contributed by atoms with Gasteiger partial charge in [0.2, 0.25) is 0 Å². The number of carbonyl (C=O) groups is 1. The maximum absolute atomic E-state index is 12.0. The van der Waals surface area contributed by atoms with Gasteiger partial charge in [0.05, 0.1) is 6.07 Å². The van der Waals surface area contributed by atoms with Crippen molar-refractivity contribution >= 4 is 5.91 Å². The van der Waals surface area contributed by atoms with Crippen LogP contribution >= 0.6 is 0 Å². The van der Waals surface area contributed by atoms with Crippen LogP contribution in [-0.2, 0) is 0 Å². The summed E-state index contributed by atoms with van der Waals surface area (Å²) >= 11 is 0. The van der Waals surface area contributed by atoms with Gasteiger partial charge in [-0.25, -0.2) is 0 Å². The number of ether oxygens (including phenoxy) is 1. The van der Waals surface area contributed by atoms with E-state index in [9.17, 15) is 18.8 Å². The minimum atomic E-state index is -2.89. The van der Waals surface area contributed by atoms with E-state index in [4.69, 9.17) is 0 Å². The highest BCUT2D eigenvalue weighted by atomic mass is 19.3. The number of nitrogens with zero attached hydrogens (tertiary/aromatic N) is 1. The molecule has 1 fully saturated rings. The van der Waals surface area contributed by atoms with Crippen LogP contribution in [0, 0.1) is 11.3 Å². The third-order valence-corrected chi connectivity index (χ3v) is 3.37. The van der Waals surface area contributed by atoms with Gasteiger partial charge in [-0.1, -0.05) is 0 Å². The summed E-state index contributed by atoms with van der Waals surface area (Å²) < 4.78 is 28.2. The Kier molecular flexibility index (Phi) is 4.18. The van der Waals surface area contributed by atoms with Gasteiger partial charge in [-0.3, -0.25) is 4.79 Å². The van der Waals surface area contributed by atoms with Gasteiger partial charge in [0, 0.05) is 5.56 Å². The Labute approximate surface area is 115 Å². The van der Waals surface area contributed by atoms with Crippen molar-refractivity contribution in [2.24, 2.45) is 0 Å². The number of nitriles is 1. The average Bonchev–Trinajstić information content (AvgIpc) is 2.88. The highest BCUT2D eigenvalue weighted by Crippen LogP contribution is 2.29. The Balaban J connectivity index is 2.04. The average molecular weight is 280 g/mol. The van der Waals surface area contributed by atoms with Gasteiger partial charge in [0.1, 0.15) is 11.3 Å². The lowest BCUT2D eigenvalue weighted by atomic mass is 9.99. The molecule has 0 saturated heterocycles. The Morgan fingerprint density at radius 3 is 2.40 bits per heavy atom. The van der Waals surface area contributed by atoms with E-state index >= 15 is 0 Å². The molecule has 2 rings (SSSR count). The largest absolute Gasteiger partial charge is 0.435 e. The molecule has 1 N–H and O–H groups in total. The van der Waals surface area contributed by atoms with Crippen molar-refractivity contribution in [3.8, 4) is 11.8 Å². The molecule has 20 heavy (non-hydrogen) atoms. The predicted molar refractivity (Wildman–Crippen MR) is 67.4 cm³/mol. The van der Waals surface area contributed by atoms with Crippen molar-refractivity contribution in [2.45, 2.75) is 37.8 Å². The topological polar surface area (TPSA) is 62.1 Å². The Hall–Kier alpha value is -2.16. The van der Waals surface area contributed by atoms with E-state index in [1.165, 1.54) is 24.3 Å². The zero-order valence-corrected chi connectivity index (χ0v) is 10.7. The van der Waals surface area contributed by atoms with Crippen molar-refractivity contribution in [1.29, 1.82) is 5.26 Å². The number of alkyl halides is 2. The molecule has 4 nitrogen and oxygen atoms in total.